The molecule has 4 heteroatoms. The van der Waals surface area contributed by atoms with Crippen LogP contribution in [0, 0.1) is 0 Å². The van der Waals surface area contributed by atoms with Gasteiger partial charge in [0, 0.05) is 13.2 Å². The molecule has 0 rings (SSSR count). The van der Waals surface area contributed by atoms with Gasteiger partial charge in [-0.25, -0.2) is 4.39 Å². The average Bonchev–Trinajstić information content (AvgIpc) is 2.05. The Kier molecular flexibility index (Phi) is 5.37. The van der Waals surface area contributed by atoms with Gasteiger partial charge in [0.05, 0.1) is 12.6 Å². The smallest absolute Gasteiger partial charge is 0.216 e. The van der Waals surface area contributed by atoms with Crippen LogP contribution < -0.4 is 0 Å². The number of nitrogens with zero attached hydrogens (tertiary/aromatic N) is 1. The second kappa shape index (κ2) is 5.45. The molecule has 0 aliphatic carbocycles. The maximum absolute atomic E-state index is 13.0. The minimum absolute atomic E-state index is 0.190. The predicted octanol–water partition coefficient (Wildman–Crippen LogP) is 0.629. The molecule has 0 aliphatic heterocycles. The lowest BCUT2D eigenvalue weighted by Crippen LogP contribution is -2.46. The average molecular weight is 179 g/mol. The molecule has 74 valence electrons. The SMILES string of the molecule is COC(F)C(CO)N(C)C(C)C. The number of aliphatic hydroxyl groups excluding tert-OH is 1. The highest BCUT2D eigenvalue weighted by Gasteiger charge is 2.25. The van der Waals surface area contributed by atoms with Gasteiger partial charge in [0.15, 0.2) is 0 Å². The van der Waals surface area contributed by atoms with Gasteiger partial charge in [-0.1, -0.05) is 0 Å². The summed E-state index contributed by atoms with van der Waals surface area (Å²) in [5.74, 6) is 0. The first-order valence-electron chi connectivity index (χ1n) is 4.04. The Morgan fingerprint density at radius 3 is 2.25 bits per heavy atom. The second-order valence-corrected chi connectivity index (χ2v) is 3.10. The molecule has 0 aliphatic rings. The van der Waals surface area contributed by atoms with E-state index in [4.69, 9.17) is 5.11 Å². The summed E-state index contributed by atoms with van der Waals surface area (Å²) in [6, 6.07) is -0.384. The number of likely N-dealkylation sites (N-methyl/N-ethyl adjacent to an activating group) is 1. The van der Waals surface area contributed by atoms with Crippen LogP contribution in [0.1, 0.15) is 13.8 Å². The van der Waals surface area contributed by atoms with Gasteiger partial charge < -0.3 is 9.84 Å². The van der Waals surface area contributed by atoms with Crippen LogP contribution in [-0.4, -0.2) is 49.2 Å². The van der Waals surface area contributed by atoms with E-state index < -0.39 is 12.4 Å². The van der Waals surface area contributed by atoms with Crippen LogP contribution in [0.4, 0.5) is 4.39 Å². The van der Waals surface area contributed by atoms with E-state index in [0.717, 1.165) is 0 Å². The van der Waals surface area contributed by atoms with E-state index in [2.05, 4.69) is 4.74 Å². The van der Waals surface area contributed by atoms with Crippen molar-refractivity contribution in [2.24, 2.45) is 0 Å². The van der Waals surface area contributed by atoms with Gasteiger partial charge in [0.1, 0.15) is 0 Å². The third-order valence-electron chi connectivity index (χ3n) is 2.05. The minimum Gasteiger partial charge on any atom is -0.395 e. The molecule has 0 radical (unpaired) electrons. The number of aliphatic hydroxyl groups is 1. The number of hydrogen-bond acceptors (Lipinski definition) is 3. The maximum atomic E-state index is 13.0. The first-order valence-corrected chi connectivity index (χ1v) is 4.04. The zero-order chi connectivity index (χ0) is 9.72. The summed E-state index contributed by atoms with van der Waals surface area (Å²) >= 11 is 0. The predicted molar refractivity (Wildman–Crippen MR) is 45.7 cm³/mol. The largest absolute Gasteiger partial charge is 0.395 e. The van der Waals surface area contributed by atoms with E-state index in [9.17, 15) is 4.39 Å². The zero-order valence-electron chi connectivity index (χ0n) is 8.12. The van der Waals surface area contributed by atoms with Crippen molar-refractivity contribution in [1.82, 2.24) is 4.90 Å². The van der Waals surface area contributed by atoms with Crippen molar-refractivity contribution in [2.75, 3.05) is 20.8 Å². The normalized spacial score (nSPS) is 17.0. The molecular weight excluding hydrogens is 161 g/mol. The van der Waals surface area contributed by atoms with Crippen molar-refractivity contribution < 1.29 is 14.2 Å². The molecule has 0 amide bonds. The van der Waals surface area contributed by atoms with Crippen LogP contribution in [0.3, 0.4) is 0 Å². The second-order valence-electron chi connectivity index (χ2n) is 3.10. The van der Waals surface area contributed by atoms with Gasteiger partial charge in [0.25, 0.3) is 0 Å². The van der Waals surface area contributed by atoms with Crippen molar-refractivity contribution in [3.63, 3.8) is 0 Å². The highest BCUT2D eigenvalue weighted by molar-refractivity contribution is 4.73. The number of ether oxygens (including phenoxy) is 1. The lowest BCUT2D eigenvalue weighted by atomic mass is 10.2. The molecule has 12 heavy (non-hydrogen) atoms. The minimum atomic E-state index is -1.43. The Morgan fingerprint density at radius 2 is 2.00 bits per heavy atom. The van der Waals surface area contributed by atoms with Gasteiger partial charge in [-0.15, -0.1) is 0 Å². The van der Waals surface area contributed by atoms with Crippen LogP contribution in [0.2, 0.25) is 0 Å². The molecule has 0 bridgehead atoms. The van der Waals surface area contributed by atoms with Gasteiger partial charge in [-0.2, -0.15) is 0 Å². The molecule has 0 aromatic heterocycles. The lowest BCUT2D eigenvalue weighted by molar-refractivity contribution is -0.0848. The van der Waals surface area contributed by atoms with Crippen molar-refractivity contribution in [3.05, 3.63) is 0 Å². The Bertz CT molecular complexity index is 122. The van der Waals surface area contributed by atoms with Gasteiger partial charge in [0.2, 0.25) is 6.36 Å². The van der Waals surface area contributed by atoms with Crippen LogP contribution in [0.5, 0.6) is 0 Å². The van der Waals surface area contributed by atoms with E-state index in [1.165, 1.54) is 7.11 Å². The number of alkyl halides is 1. The number of halogens is 1. The van der Waals surface area contributed by atoms with Gasteiger partial charge in [-0.3, -0.25) is 4.90 Å². The fourth-order valence-corrected chi connectivity index (χ4v) is 0.937. The number of methoxy groups -OCH3 is 1. The summed E-state index contributed by atoms with van der Waals surface area (Å²) in [5, 5.41) is 8.89. The molecule has 0 aromatic carbocycles. The monoisotopic (exact) mass is 179 g/mol. The molecule has 0 saturated carbocycles. The molecular formula is C8H18FNO2. The summed E-state index contributed by atoms with van der Waals surface area (Å²) in [5.41, 5.74) is 0. The van der Waals surface area contributed by atoms with E-state index in [0.29, 0.717) is 0 Å². The summed E-state index contributed by atoms with van der Waals surface area (Å²) in [4.78, 5) is 1.74. The van der Waals surface area contributed by atoms with E-state index in [1.54, 1.807) is 11.9 Å². The maximum Gasteiger partial charge on any atom is 0.216 e. The first-order chi connectivity index (χ1) is 5.54. The highest BCUT2D eigenvalue weighted by atomic mass is 19.1. The summed E-state index contributed by atoms with van der Waals surface area (Å²) in [7, 11) is 3.05. The highest BCUT2D eigenvalue weighted by Crippen LogP contribution is 2.09. The third kappa shape index (κ3) is 3.05. The van der Waals surface area contributed by atoms with Crippen molar-refractivity contribution >= 4 is 0 Å². The van der Waals surface area contributed by atoms with Crippen LogP contribution in [-0.2, 0) is 4.74 Å². The molecule has 2 atom stereocenters. The summed E-state index contributed by atoms with van der Waals surface area (Å²) in [6.45, 7) is 3.64. The molecule has 0 spiro atoms. The Hall–Kier alpha value is -0.190. The summed E-state index contributed by atoms with van der Waals surface area (Å²) < 4.78 is 17.5. The van der Waals surface area contributed by atoms with Crippen LogP contribution in [0.25, 0.3) is 0 Å². The van der Waals surface area contributed by atoms with Gasteiger partial charge >= 0.3 is 0 Å². The van der Waals surface area contributed by atoms with Crippen LogP contribution in [0.15, 0.2) is 0 Å². The molecule has 0 saturated heterocycles. The lowest BCUT2D eigenvalue weighted by Gasteiger charge is -2.31. The quantitative estimate of drug-likeness (QED) is 0.672. The zero-order valence-corrected chi connectivity index (χ0v) is 8.12. The Labute approximate surface area is 73.1 Å². The molecule has 0 fully saturated rings. The fraction of sp³-hybridized carbons (Fsp3) is 1.00. The van der Waals surface area contributed by atoms with E-state index in [1.807, 2.05) is 13.8 Å². The third-order valence-corrected chi connectivity index (χ3v) is 2.05. The molecule has 3 nitrogen and oxygen atoms in total. The molecule has 1 N–H and O–H groups in total. The summed E-state index contributed by atoms with van der Waals surface area (Å²) in [6.07, 6.45) is -1.43. The fourth-order valence-electron chi connectivity index (χ4n) is 0.937. The first kappa shape index (κ1) is 11.8. The number of hydrogen-bond donors (Lipinski definition) is 1. The molecule has 0 heterocycles. The molecule has 2 unspecified atom stereocenters. The van der Waals surface area contributed by atoms with Crippen molar-refractivity contribution in [3.8, 4) is 0 Å². The van der Waals surface area contributed by atoms with Crippen molar-refractivity contribution in [2.45, 2.75) is 32.3 Å². The molecule has 0 aromatic rings. The topological polar surface area (TPSA) is 32.7 Å². The number of rotatable bonds is 5. The van der Waals surface area contributed by atoms with Crippen molar-refractivity contribution in [1.29, 1.82) is 0 Å². The van der Waals surface area contributed by atoms with E-state index in [-0.39, 0.29) is 12.6 Å². The van der Waals surface area contributed by atoms with Crippen LogP contribution >= 0.6 is 0 Å². The Morgan fingerprint density at radius 1 is 1.50 bits per heavy atom. The van der Waals surface area contributed by atoms with Gasteiger partial charge in [-0.05, 0) is 20.9 Å². The van der Waals surface area contributed by atoms with E-state index >= 15 is 0 Å². The Balaban J connectivity index is 4.13. The standard InChI is InChI=1S/C8H18FNO2/c1-6(2)10(3)7(5-11)8(9)12-4/h6-8,11H,5H2,1-4H3.